The molecule has 0 saturated heterocycles. The fourth-order valence-corrected chi connectivity index (χ4v) is 2.76. The number of halogens is 3. The number of aromatic nitrogens is 1. The zero-order valence-electron chi connectivity index (χ0n) is 12.2. The summed E-state index contributed by atoms with van der Waals surface area (Å²) in [5, 5.41) is 3.70. The molecule has 1 aromatic heterocycles. The number of carbonyl (C=O) groups excluding carboxylic acids is 1. The van der Waals surface area contributed by atoms with Crippen molar-refractivity contribution in [1.82, 2.24) is 10.3 Å². The van der Waals surface area contributed by atoms with E-state index in [0.29, 0.717) is 5.02 Å². The predicted octanol–water partition coefficient (Wildman–Crippen LogP) is 4.59. The summed E-state index contributed by atoms with van der Waals surface area (Å²) >= 11 is 6.22. The SMILES string of the molecule is C[C@@H](NC(=O)c1[nH]c2ccccc2c1Cl)c1ccc(F)cc1F. The number of aromatic amines is 1. The molecule has 6 heteroatoms. The van der Waals surface area contributed by atoms with E-state index < -0.39 is 23.6 Å². The molecule has 1 heterocycles. The summed E-state index contributed by atoms with van der Waals surface area (Å²) in [6, 6.07) is 9.86. The molecule has 3 rings (SSSR count). The Hall–Kier alpha value is -2.40. The van der Waals surface area contributed by atoms with Crippen molar-refractivity contribution in [2.75, 3.05) is 0 Å². The van der Waals surface area contributed by atoms with Gasteiger partial charge in [-0.15, -0.1) is 0 Å². The minimum atomic E-state index is -0.708. The Morgan fingerprint density at radius 2 is 1.96 bits per heavy atom. The molecule has 0 radical (unpaired) electrons. The summed E-state index contributed by atoms with van der Waals surface area (Å²) in [4.78, 5) is 15.3. The molecule has 0 bridgehead atoms. The van der Waals surface area contributed by atoms with E-state index in [4.69, 9.17) is 11.6 Å². The van der Waals surface area contributed by atoms with Crippen LogP contribution in [0.5, 0.6) is 0 Å². The van der Waals surface area contributed by atoms with Crippen molar-refractivity contribution in [3.63, 3.8) is 0 Å². The number of nitrogens with one attached hydrogen (secondary N) is 2. The van der Waals surface area contributed by atoms with Crippen LogP contribution in [0.3, 0.4) is 0 Å². The molecule has 3 nitrogen and oxygen atoms in total. The van der Waals surface area contributed by atoms with Crippen LogP contribution in [0.2, 0.25) is 5.02 Å². The number of hydrogen-bond acceptors (Lipinski definition) is 1. The zero-order valence-corrected chi connectivity index (χ0v) is 12.9. The Morgan fingerprint density at radius 1 is 1.22 bits per heavy atom. The summed E-state index contributed by atoms with van der Waals surface area (Å²) in [5.74, 6) is -1.83. The van der Waals surface area contributed by atoms with E-state index in [1.807, 2.05) is 12.1 Å². The third-order valence-corrected chi connectivity index (χ3v) is 4.04. The highest BCUT2D eigenvalue weighted by molar-refractivity contribution is 6.38. The first-order chi connectivity index (χ1) is 11.0. The standard InChI is InChI=1S/C17H13ClF2N2O/c1-9(11-7-6-10(19)8-13(11)20)21-17(23)16-15(18)12-4-2-3-5-14(12)22-16/h2-9,22H,1H3,(H,21,23)/t9-/m1/s1. The van der Waals surface area contributed by atoms with Gasteiger partial charge in [-0.3, -0.25) is 4.79 Å². The van der Waals surface area contributed by atoms with Gasteiger partial charge in [-0.25, -0.2) is 8.78 Å². The van der Waals surface area contributed by atoms with Gasteiger partial charge in [-0.05, 0) is 19.1 Å². The number of H-pyrrole nitrogens is 1. The van der Waals surface area contributed by atoms with Crippen LogP contribution < -0.4 is 5.32 Å². The topological polar surface area (TPSA) is 44.9 Å². The highest BCUT2D eigenvalue weighted by Crippen LogP contribution is 2.27. The maximum Gasteiger partial charge on any atom is 0.269 e. The van der Waals surface area contributed by atoms with Crippen LogP contribution in [0.25, 0.3) is 10.9 Å². The molecule has 1 atom stereocenters. The van der Waals surface area contributed by atoms with Crippen LogP contribution in [0, 0.1) is 11.6 Å². The van der Waals surface area contributed by atoms with Gasteiger partial charge in [0, 0.05) is 22.5 Å². The third-order valence-electron chi connectivity index (χ3n) is 3.65. The summed E-state index contributed by atoms with van der Waals surface area (Å²) in [5.41, 5.74) is 1.15. The minimum absolute atomic E-state index is 0.201. The molecule has 0 unspecified atom stereocenters. The van der Waals surface area contributed by atoms with Crippen molar-refractivity contribution in [1.29, 1.82) is 0 Å². The van der Waals surface area contributed by atoms with Gasteiger partial charge in [0.2, 0.25) is 0 Å². The molecule has 2 aromatic carbocycles. The van der Waals surface area contributed by atoms with E-state index >= 15 is 0 Å². The molecule has 0 aliphatic carbocycles. The second-order valence-electron chi connectivity index (χ2n) is 5.22. The predicted molar refractivity (Wildman–Crippen MR) is 85.5 cm³/mol. The van der Waals surface area contributed by atoms with Gasteiger partial charge in [-0.2, -0.15) is 0 Å². The number of para-hydroxylation sites is 1. The molecule has 0 spiro atoms. The Kier molecular flexibility index (Phi) is 4.05. The summed E-state index contributed by atoms with van der Waals surface area (Å²) in [6.07, 6.45) is 0. The molecular weight excluding hydrogens is 322 g/mol. The zero-order chi connectivity index (χ0) is 16.6. The average molecular weight is 335 g/mol. The Balaban J connectivity index is 1.86. The molecule has 23 heavy (non-hydrogen) atoms. The quantitative estimate of drug-likeness (QED) is 0.723. The molecule has 0 fully saturated rings. The van der Waals surface area contributed by atoms with E-state index in [2.05, 4.69) is 10.3 Å². The van der Waals surface area contributed by atoms with Crippen molar-refractivity contribution < 1.29 is 13.6 Å². The molecule has 118 valence electrons. The lowest BCUT2D eigenvalue weighted by atomic mass is 10.1. The molecule has 1 amide bonds. The van der Waals surface area contributed by atoms with Gasteiger partial charge < -0.3 is 10.3 Å². The van der Waals surface area contributed by atoms with Crippen LogP contribution in [0.4, 0.5) is 8.78 Å². The smallest absolute Gasteiger partial charge is 0.269 e. The third kappa shape index (κ3) is 2.92. The van der Waals surface area contributed by atoms with Crippen LogP contribution in [0.1, 0.15) is 29.0 Å². The maximum atomic E-state index is 13.8. The lowest BCUT2D eigenvalue weighted by molar-refractivity contribution is 0.0935. The second kappa shape index (κ2) is 6.01. The number of amides is 1. The Morgan fingerprint density at radius 3 is 2.65 bits per heavy atom. The summed E-state index contributed by atoms with van der Waals surface area (Å²) in [7, 11) is 0. The first-order valence-corrected chi connectivity index (χ1v) is 7.37. The van der Waals surface area contributed by atoms with Crippen molar-refractivity contribution in [3.05, 3.63) is 70.4 Å². The van der Waals surface area contributed by atoms with Crippen molar-refractivity contribution in [3.8, 4) is 0 Å². The number of carbonyl (C=O) groups is 1. The largest absolute Gasteiger partial charge is 0.349 e. The van der Waals surface area contributed by atoms with E-state index in [1.54, 1.807) is 19.1 Å². The number of fused-ring (bicyclic) bond motifs is 1. The van der Waals surface area contributed by atoms with Gasteiger partial charge in [0.25, 0.3) is 5.91 Å². The number of rotatable bonds is 3. The normalized spacial score (nSPS) is 12.3. The van der Waals surface area contributed by atoms with Gasteiger partial charge in [0.05, 0.1) is 11.1 Å². The van der Waals surface area contributed by atoms with Crippen LogP contribution in [0.15, 0.2) is 42.5 Å². The fraction of sp³-hybridized carbons (Fsp3) is 0.118. The average Bonchev–Trinajstić information content (AvgIpc) is 2.85. The molecule has 3 aromatic rings. The highest BCUT2D eigenvalue weighted by Gasteiger charge is 2.20. The van der Waals surface area contributed by atoms with E-state index in [0.717, 1.165) is 23.0 Å². The lowest BCUT2D eigenvalue weighted by Gasteiger charge is -2.14. The van der Waals surface area contributed by atoms with Gasteiger partial charge in [0.15, 0.2) is 0 Å². The monoisotopic (exact) mass is 334 g/mol. The Bertz CT molecular complexity index is 891. The van der Waals surface area contributed by atoms with E-state index in [-0.39, 0.29) is 11.3 Å². The van der Waals surface area contributed by atoms with E-state index in [1.165, 1.54) is 6.07 Å². The van der Waals surface area contributed by atoms with Crippen LogP contribution in [-0.4, -0.2) is 10.9 Å². The number of hydrogen-bond donors (Lipinski definition) is 2. The van der Waals surface area contributed by atoms with Crippen molar-refractivity contribution in [2.45, 2.75) is 13.0 Å². The summed E-state index contributed by atoms with van der Waals surface area (Å²) in [6.45, 7) is 1.62. The lowest BCUT2D eigenvalue weighted by Crippen LogP contribution is -2.27. The molecule has 0 aliphatic rings. The Labute approximate surface area is 136 Å². The number of benzene rings is 2. The maximum absolute atomic E-state index is 13.8. The summed E-state index contributed by atoms with van der Waals surface area (Å²) < 4.78 is 26.7. The van der Waals surface area contributed by atoms with Crippen LogP contribution >= 0.6 is 11.6 Å². The van der Waals surface area contributed by atoms with Crippen LogP contribution in [-0.2, 0) is 0 Å². The minimum Gasteiger partial charge on any atom is -0.349 e. The van der Waals surface area contributed by atoms with Gasteiger partial charge >= 0.3 is 0 Å². The fourth-order valence-electron chi connectivity index (χ4n) is 2.46. The van der Waals surface area contributed by atoms with Crippen molar-refractivity contribution in [2.24, 2.45) is 0 Å². The van der Waals surface area contributed by atoms with Crippen molar-refractivity contribution >= 4 is 28.4 Å². The molecular formula is C17H13ClF2N2O. The van der Waals surface area contributed by atoms with Gasteiger partial charge in [-0.1, -0.05) is 35.9 Å². The first-order valence-electron chi connectivity index (χ1n) is 6.99. The first kappa shape index (κ1) is 15.5. The molecule has 2 N–H and O–H groups in total. The second-order valence-corrected chi connectivity index (χ2v) is 5.60. The highest BCUT2D eigenvalue weighted by atomic mass is 35.5. The molecule has 0 saturated carbocycles. The van der Waals surface area contributed by atoms with Gasteiger partial charge in [0.1, 0.15) is 17.3 Å². The van der Waals surface area contributed by atoms with E-state index in [9.17, 15) is 13.6 Å². The molecule has 0 aliphatic heterocycles.